The lowest BCUT2D eigenvalue weighted by Gasteiger charge is -2.29. The molecule has 2 amide bonds. The Bertz CT molecular complexity index is 1290. The molecule has 0 saturated carbocycles. The average Bonchev–Trinajstić information content (AvgIpc) is 2.95. The molecule has 260 valence electrons. The number of amides is 2. The van der Waals surface area contributed by atoms with Crippen molar-refractivity contribution in [3.05, 3.63) is 58.1 Å². The fraction of sp³-hybridized carbons (Fsp3) is 0.611. The molecular weight excluding hydrogens is 588 g/mol. The molecule has 0 bridgehead atoms. The van der Waals surface area contributed by atoms with E-state index in [2.05, 4.69) is 10.6 Å². The molecule has 0 aliphatic carbocycles. The van der Waals surface area contributed by atoms with Crippen molar-refractivity contribution in [3.8, 4) is 11.5 Å². The standard InChI is InChI=1S/C19H31NO4.C17H27NO4/c1-17(2,3)13-8-12(9-14(15(13)23)18(4,5)6)16(24)20-19(7,10-21)11-22;1-16(2,3)13-7-5-6-12(15(13)22)8-9-14(21)18-17(4,10-19)11-20/h8-9,21-23H,10-11H2,1-7H3,(H,20,24);5-7,19-20,22H,8-11H2,1-4H3,(H,18,21). The third-order valence-electron chi connectivity index (χ3n) is 7.79. The molecule has 46 heavy (non-hydrogen) atoms. The summed E-state index contributed by atoms with van der Waals surface area (Å²) in [5.41, 5.74) is 0.383. The minimum absolute atomic E-state index is 0.172. The van der Waals surface area contributed by atoms with Gasteiger partial charge in [-0.3, -0.25) is 9.59 Å². The lowest BCUT2D eigenvalue weighted by atomic mass is 9.78. The highest BCUT2D eigenvalue weighted by atomic mass is 16.3. The molecule has 0 spiro atoms. The van der Waals surface area contributed by atoms with Crippen molar-refractivity contribution < 1.29 is 40.2 Å². The van der Waals surface area contributed by atoms with Crippen molar-refractivity contribution in [1.82, 2.24) is 10.6 Å². The fourth-order valence-electron chi connectivity index (χ4n) is 4.56. The van der Waals surface area contributed by atoms with Crippen LogP contribution in [0.15, 0.2) is 30.3 Å². The van der Waals surface area contributed by atoms with E-state index in [1.54, 1.807) is 32.0 Å². The predicted molar refractivity (Wildman–Crippen MR) is 181 cm³/mol. The van der Waals surface area contributed by atoms with Crippen LogP contribution >= 0.6 is 0 Å². The molecule has 0 atom stereocenters. The van der Waals surface area contributed by atoms with Crippen LogP contribution in [0.2, 0.25) is 0 Å². The summed E-state index contributed by atoms with van der Waals surface area (Å²) in [5.74, 6) is -0.226. The van der Waals surface area contributed by atoms with Crippen LogP contribution in [0.5, 0.6) is 11.5 Å². The Morgan fingerprint density at radius 2 is 1.02 bits per heavy atom. The monoisotopic (exact) mass is 646 g/mol. The smallest absolute Gasteiger partial charge is 0.251 e. The highest BCUT2D eigenvalue weighted by molar-refractivity contribution is 5.95. The normalized spacial score (nSPS) is 12.7. The van der Waals surface area contributed by atoms with Crippen LogP contribution < -0.4 is 10.6 Å². The molecule has 2 aromatic carbocycles. The van der Waals surface area contributed by atoms with Gasteiger partial charge in [-0.05, 0) is 59.8 Å². The van der Waals surface area contributed by atoms with E-state index in [1.807, 2.05) is 74.4 Å². The molecule has 2 rings (SSSR count). The van der Waals surface area contributed by atoms with Gasteiger partial charge in [0, 0.05) is 23.1 Å². The highest BCUT2D eigenvalue weighted by Crippen LogP contribution is 2.40. The number of nitrogens with one attached hydrogen (secondary N) is 2. The molecule has 0 aliphatic heterocycles. The van der Waals surface area contributed by atoms with E-state index in [1.165, 1.54) is 0 Å². The summed E-state index contributed by atoms with van der Waals surface area (Å²) in [7, 11) is 0. The number of phenolic OH excluding ortho intramolecular Hbond substituents is 2. The molecule has 8 N–H and O–H groups in total. The Morgan fingerprint density at radius 3 is 1.41 bits per heavy atom. The van der Waals surface area contributed by atoms with Crippen LogP contribution in [0, 0.1) is 0 Å². The van der Waals surface area contributed by atoms with Gasteiger partial charge in [-0.15, -0.1) is 0 Å². The van der Waals surface area contributed by atoms with E-state index < -0.39 is 17.0 Å². The van der Waals surface area contributed by atoms with E-state index in [4.69, 9.17) is 0 Å². The molecule has 0 saturated heterocycles. The Labute approximate surface area is 274 Å². The second-order valence-corrected chi connectivity index (χ2v) is 15.7. The van der Waals surface area contributed by atoms with Gasteiger partial charge in [-0.1, -0.05) is 80.5 Å². The lowest BCUT2D eigenvalue weighted by molar-refractivity contribution is -0.124. The molecule has 10 nitrogen and oxygen atoms in total. The van der Waals surface area contributed by atoms with E-state index in [0.717, 1.165) is 11.1 Å². The number of aliphatic hydroxyl groups excluding tert-OH is 4. The number of aryl methyl sites for hydroxylation is 1. The van der Waals surface area contributed by atoms with E-state index in [0.29, 0.717) is 23.1 Å². The molecule has 0 aliphatic rings. The fourth-order valence-corrected chi connectivity index (χ4v) is 4.56. The van der Waals surface area contributed by atoms with Crippen molar-refractivity contribution in [1.29, 1.82) is 0 Å². The number of benzene rings is 2. The number of phenols is 2. The third-order valence-corrected chi connectivity index (χ3v) is 7.79. The van der Waals surface area contributed by atoms with Crippen molar-refractivity contribution >= 4 is 11.8 Å². The zero-order chi connectivity index (χ0) is 35.9. The number of hydrogen-bond donors (Lipinski definition) is 8. The molecule has 0 unspecified atom stereocenters. The van der Waals surface area contributed by atoms with Gasteiger partial charge in [0.15, 0.2) is 0 Å². The van der Waals surface area contributed by atoms with Crippen LogP contribution in [-0.2, 0) is 27.5 Å². The minimum Gasteiger partial charge on any atom is -0.507 e. The first-order valence-corrected chi connectivity index (χ1v) is 15.6. The zero-order valence-corrected chi connectivity index (χ0v) is 29.6. The number of carbonyl (C=O) groups is 2. The van der Waals surface area contributed by atoms with Gasteiger partial charge in [0.2, 0.25) is 5.91 Å². The number of hydrogen-bond acceptors (Lipinski definition) is 8. The van der Waals surface area contributed by atoms with Gasteiger partial charge in [0.05, 0.1) is 37.5 Å². The summed E-state index contributed by atoms with van der Waals surface area (Å²) in [6.07, 6.45) is 0.575. The summed E-state index contributed by atoms with van der Waals surface area (Å²) >= 11 is 0. The van der Waals surface area contributed by atoms with Crippen molar-refractivity contribution in [2.45, 2.75) is 116 Å². The number of aromatic hydroxyl groups is 2. The predicted octanol–water partition coefficient (Wildman–Crippen LogP) is 3.94. The van der Waals surface area contributed by atoms with Crippen LogP contribution in [0.3, 0.4) is 0 Å². The van der Waals surface area contributed by atoms with Crippen LogP contribution in [0.25, 0.3) is 0 Å². The van der Waals surface area contributed by atoms with Gasteiger partial charge < -0.3 is 41.3 Å². The molecule has 2 aromatic rings. The minimum atomic E-state index is -1.10. The van der Waals surface area contributed by atoms with Crippen molar-refractivity contribution in [2.75, 3.05) is 26.4 Å². The molecule has 0 fully saturated rings. The maximum Gasteiger partial charge on any atom is 0.251 e. The number of carbonyl (C=O) groups excluding carboxylic acids is 2. The maximum atomic E-state index is 12.6. The van der Waals surface area contributed by atoms with Crippen molar-refractivity contribution in [3.63, 3.8) is 0 Å². The van der Waals surface area contributed by atoms with Gasteiger partial charge in [-0.2, -0.15) is 0 Å². The van der Waals surface area contributed by atoms with Gasteiger partial charge in [0.1, 0.15) is 11.5 Å². The highest BCUT2D eigenvalue weighted by Gasteiger charge is 2.30. The zero-order valence-electron chi connectivity index (χ0n) is 29.6. The summed E-state index contributed by atoms with van der Waals surface area (Å²) in [6.45, 7) is 19.6. The Morgan fingerprint density at radius 1 is 0.609 bits per heavy atom. The SMILES string of the molecule is CC(CO)(CO)NC(=O)CCc1cccc(C(C)(C)C)c1O.CC(CO)(CO)NC(=O)c1cc(C(C)(C)C)c(O)c(C(C)(C)C)c1. The van der Waals surface area contributed by atoms with Crippen LogP contribution in [-0.4, -0.2) is 80.0 Å². The molecule has 0 radical (unpaired) electrons. The molecule has 0 heterocycles. The van der Waals surface area contributed by atoms with Crippen molar-refractivity contribution in [2.24, 2.45) is 0 Å². The first kappa shape index (κ1) is 40.8. The first-order valence-electron chi connectivity index (χ1n) is 15.6. The summed E-state index contributed by atoms with van der Waals surface area (Å²) in [4.78, 5) is 24.6. The second kappa shape index (κ2) is 15.6. The second-order valence-electron chi connectivity index (χ2n) is 15.7. The van der Waals surface area contributed by atoms with E-state index >= 15 is 0 Å². The molecule has 0 aromatic heterocycles. The van der Waals surface area contributed by atoms with E-state index in [9.17, 15) is 40.2 Å². The largest absolute Gasteiger partial charge is 0.507 e. The van der Waals surface area contributed by atoms with Gasteiger partial charge in [0.25, 0.3) is 5.91 Å². The Balaban J connectivity index is 0.000000462. The maximum absolute atomic E-state index is 12.6. The summed E-state index contributed by atoms with van der Waals surface area (Å²) in [6, 6.07) is 8.91. The summed E-state index contributed by atoms with van der Waals surface area (Å²) in [5, 5.41) is 63.4. The number of para-hydroxylation sites is 1. The Kier molecular flexibility index (Phi) is 13.9. The first-order chi connectivity index (χ1) is 20.9. The van der Waals surface area contributed by atoms with Gasteiger partial charge >= 0.3 is 0 Å². The topological polar surface area (TPSA) is 180 Å². The summed E-state index contributed by atoms with van der Waals surface area (Å²) < 4.78 is 0. The average molecular weight is 647 g/mol. The van der Waals surface area contributed by atoms with Gasteiger partial charge in [-0.25, -0.2) is 0 Å². The molecule has 10 heteroatoms. The van der Waals surface area contributed by atoms with Crippen LogP contribution in [0.1, 0.15) is 115 Å². The van der Waals surface area contributed by atoms with Crippen LogP contribution in [0.4, 0.5) is 0 Å². The quantitative estimate of drug-likeness (QED) is 0.191. The Hall–Kier alpha value is -3.18. The number of rotatable bonds is 10. The molecular formula is C36H58N2O8. The lowest BCUT2D eigenvalue weighted by Crippen LogP contribution is -2.51. The third kappa shape index (κ3) is 11.3. The number of aliphatic hydroxyl groups is 4. The van der Waals surface area contributed by atoms with E-state index in [-0.39, 0.29) is 66.5 Å².